The number of benzene rings is 1. The molecular weight excluding hydrogens is 386 g/mol. The fourth-order valence-electron chi connectivity index (χ4n) is 3.98. The van der Waals surface area contributed by atoms with Crippen LogP contribution in [0.4, 0.5) is 5.95 Å². The Morgan fingerprint density at radius 1 is 1.00 bits per heavy atom. The van der Waals surface area contributed by atoms with Crippen molar-refractivity contribution in [1.82, 2.24) is 19.9 Å². The molecule has 0 amide bonds. The maximum Gasteiger partial charge on any atom is 0.228 e. The molecule has 8 heteroatoms. The number of morpholine rings is 1. The highest BCUT2D eigenvalue weighted by molar-refractivity contribution is 7.98. The summed E-state index contributed by atoms with van der Waals surface area (Å²) >= 11 is 1.69. The predicted octanol–water partition coefficient (Wildman–Crippen LogP) is 3.32. The standard InChI is InChI=1S/C21H25N5O2S/c1-2-6-16(7-3-1)14-26-20(25-10-12-27-13-11-25)22-23-21(26)29-15-18-17-8-4-5-9-19(17)28-24-18/h1-3,6-7H,4-5,8-15H2. The van der Waals surface area contributed by atoms with Gasteiger partial charge in [0.15, 0.2) is 5.16 Å². The van der Waals surface area contributed by atoms with Gasteiger partial charge in [0.1, 0.15) is 5.76 Å². The molecule has 152 valence electrons. The molecule has 3 aromatic rings. The van der Waals surface area contributed by atoms with Gasteiger partial charge in [0.2, 0.25) is 5.95 Å². The molecule has 0 bridgehead atoms. The lowest BCUT2D eigenvalue weighted by molar-refractivity contribution is 0.121. The third-order valence-electron chi connectivity index (χ3n) is 5.54. The number of nitrogens with zero attached hydrogens (tertiary/aromatic N) is 5. The summed E-state index contributed by atoms with van der Waals surface area (Å²) in [5.41, 5.74) is 3.61. The van der Waals surface area contributed by atoms with Crippen LogP contribution in [0, 0.1) is 0 Å². The van der Waals surface area contributed by atoms with Crippen LogP contribution in [-0.4, -0.2) is 46.2 Å². The Labute approximate surface area is 174 Å². The zero-order valence-electron chi connectivity index (χ0n) is 16.4. The van der Waals surface area contributed by atoms with Crippen LogP contribution < -0.4 is 4.90 Å². The molecule has 2 aromatic heterocycles. The Balaban J connectivity index is 1.39. The van der Waals surface area contributed by atoms with Crippen LogP contribution in [0.15, 0.2) is 40.0 Å². The molecule has 1 aliphatic heterocycles. The van der Waals surface area contributed by atoms with Gasteiger partial charge < -0.3 is 14.2 Å². The van der Waals surface area contributed by atoms with E-state index in [1.807, 2.05) is 6.07 Å². The largest absolute Gasteiger partial charge is 0.378 e. The normalized spacial score (nSPS) is 16.8. The Kier molecular flexibility index (Phi) is 5.53. The third-order valence-corrected chi connectivity index (χ3v) is 6.52. The van der Waals surface area contributed by atoms with Crippen LogP contribution in [0.5, 0.6) is 0 Å². The maximum absolute atomic E-state index is 5.57. The summed E-state index contributed by atoms with van der Waals surface area (Å²) in [6.07, 6.45) is 4.50. The highest BCUT2D eigenvalue weighted by Gasteiger charge is 2.23. The first kappa shape index (κ1) is 18.7. The number of fused-ring (bicyclic) bond motifs is 1. The number of hydrogen-bond donors (Lipinski definition) is 0. The van der Waals surface area contributed by atoms with Gasteiger partial charge >= 0.3 is 0 Å². The van der Waals surface area contributed by atoms with Crippen molar-refractivity contribution >= 4 is 17.7 Å². The van der Waals surface area contributed by atoms with Crippen LogP contribution in [0.2, 0.25) is 0 Å². The minimum atomic E-state index is 0.728. The molecule has 2 aliphatic rings. The number of aromatic nitrogens is 4. The second-order valence-electron chi connectivity index (χ2n) is 7.48. The summed E-state index contributed by atoms with van der Waals surface area (Å²) in [7, 11) is 0. The van der Waals surface area contributed by atoms with Crippen LogP contribution in [-0.2, 0) is 29.9 Å². The lowest BCUT2D eigenvalue weighted by Gasteiger charge is -2.28. The van der Waals surface area contributed by atoms with E-state index < -0.39 is 0 Å². The van der Waals surface area contributed by atoms with Crippen molar-refractivity contribution in [1.29, 1.82) is 0 Å². The summed E-state index contributed by atoms with van der Waals surface area (Å²) in [5, 5.41) is 14.3. The zero-order valence-corrected chi connectivity index (χ0v) is 17.2. The monoisotopic (exact) mass is 411 g/mol. The smallest absolute Gasteiger partial charge is 0.228 e. The van der Waals surface area contributed by atoms with Gasteiger partial charge in [0.25, 0.3) is 0 Å². The van der Waals surface area contributed by atoms with Crippen LogP contribution in [0.25, 0.3) is 0 Å². The number of ether oxygens (including phenoxy) is 1. The van der Waals surface area contributed by atoms with Crippen molar-refractivity contribution in [2.45, 2.75) is 43.1 Å². The van der Waals surface area contributed by atoms with E-state index in [2.05, 4.69) is 49.1 Å². The molecule has 7 nitrogen and oxygen atoms in total. The highest BCUT2D eigenvalue weighted by Crippen LogP contribution is 2.30. The topological polar surface area (TPSA) is 69.2 Å². The lowest BCUT2D eigenvalue weighted by atomic mass is 9.97. The number of aryl methyl sites for hydroxylation is 1. The van der Waals surface area contributed by atoms with Gasteiger partial charge in [-0.05, 0) is 24.8 Å². The van der Waals surface area contributed by atoms with Gasteiger partial charge in [0, 0.05) is 30.8 Å². The van der Waals surface area contributed by atoms with E-state index >= 15 is 0 Å². The first-order valence-electron chi connectivity index (χ1n) is 10.3. The van der Waals surface area contributed by atoms with E-state index in [0.717, 1.165) is 74.0 Å². The molecule has 0 saturated carbocycles. The number of anilines is 1. The number of rotatable bonds is 6. The zero-order chi connectivity index (χ0) is 19.5. The maximum atomic E-state index is 5.57. The van der Waals surface area contributed by atoms with E-state index in [9.17, 15) is 0 Å². The highest BCUT2D eigenvalue weighted by atomic mass is 32.2. The van der Waals surface area contributed by atoms with Crippen molar-refractivity contribution < 1.29 is 9.26 Å². The molecular formula is C21H25N5O2S. The molecule has 0 spiro atoms. The number of thioether (sulfide) groups is 1. The van der Waals surface area contributed by atoms with E-state index in [-0.39, 0.29) is 0 Å². The molecule has 1 saturated heterocycles. The SMILES string of the molecule is c1ccc(Cn2c(SCc3noc4c3CCCC4)nnc2N2CCOCC2)cc1. The second kappa shape index (κ2) is 8.59. The molecule has 1 aromatic carbocycles. The Morgan fingerprint density at radius 3 is 2.69 bits per heavy atom. The minimum Gasteiger partial charge on any atom is -0.378 e. The fraction of sp³-hybridized carbons (Fsp3) is 0.476. The van der Waals surface area contributed by atoms with Gasteiger partial charge in [-0.3, -0.25) is 4.57 Å². The van der Waals surface area contributed by atoms with Crippen LogP contribution in [0.3, 0.4) is 0 Å². The molecule has 3 heterocycles. The van der Waals surface area contributed by atoms with Gasteiger partial charge in [-0.25, -0.2) is 0 Å². The summed E-state index contributed by atoms with van der Waals surface area (Å²) in [6.45, 7) is 3.89. The summed E-state index contributed by atoms with van der Waals surface area (Å²) in [5.74, 6) is 2.75. The summed E-state index contributed by atoms with van der Waals surface area (Å²) in [4.78, 5) is 2.27. The Hall–Kier alpha value is -2.32. The molecule has 0 radical (unpaired) electrons. The average molecular weight is 412 g/mol. The predicted molar refractivity (Wildman–Crippen MR) is 111 cm³/mol. The molecule has 0 unspecified atom stereocenters. The quantitative estimate of drug-likeness (QED) is 0.576. The lowest BCUT2D eigenvalue weighted by Crippen LogP contribution is -2.38. The van der Waals surface area contributed by atoms with E-state index in [1.165, 1.54) is 24.0 Å². The van der Waals surface area contributed by atoms with Crippen LogP contribution >= 0.6 is 11.8 Å². The van der Waals surface area contributed by atoms with E-state index in [4.69, 9.17) is 9.26 Å². The fourth-order valence-corrected chi connectivity index (χ4v) is 4.88. The van der Waals surface area contributed by atoms with Crippen molar-refractivity contribution in [3.8, 4) is 0 Å². The first-order chi connectivity index (χ1) is 14.4. The molecule has 0 atom stereocenters. The summed E-state index contributed by atoms with van der Waals surface area (Å²) in [6, 6.07) is 10.5. The molecule has 29 heavy (non-hydrogen) atoms. The van der Waals surface area contributed by atoms with E-state index in [1.54, 1.807) is 11.8 Å². The first-order valence-corrected chi connectivity index (χ1v) is 11.3. The average Bonchev–Trinajstić information content (AvgIpc) is 3.38. The molecule has 5 rings (SSSR count). The Bertz CT molecular complexity index is 949. The molecule has 1 aliphatic carbocycles. The third kappa shape index (κ3) is 4.04. The molecule has 0 N–H and O–H groups in total. The van der Waals surface area contributed by atoms with Crippen molar-refractivity contribution in [2.24, 2.45) is 0 Å². The van der Waals surface area contributed by atoms with Gasteiger partial charge in [-0.1, -0.05) is 47.3 Å². The van der Waals surface area contributed by atoms with Gasteiger partial charge in [-0.15, -0.1) is 10.2 Å². The minimum absolute atomic E-state index is 0.728. The van der Waals surface area contributed by atoms with Crippen LogP contribution in [0.1, 0.15) is 35.4 Å². The second-order valence-corrected chi connectivity index (χ2v) is 8.42. The van der Waals surface area contributed by atoms with E-state index in [0.29, 0.717) is 0 Å². The van der Waals surface area contributed by atoms with Gasteiger partial charge in [-0.2, -0.15) is 0 Å². The number of hydrogen-bond acceptors (Lipinski definition) is 7. The van der Waals surface area contributed by atoms with Crippen molar-refractivity contribution in [2.75, 3.05) is 31.2 Å². The van der Waals surface area contributed by atoms with Crippen molar-refractivity contribution in [3.05, 3.63) is 52.9 Å². The molecule has 1 fully saturated rings. The van der Waals surface area contributed by atoms with Gasteiger partial charge in [0.05, 0.1) is 25.5 Å². The van der Waals surface area contributed by atoms with Crippen molar-refractivity contribution in [3.63, 3.8) is 0 Å². The summed E-state index contributed by atoms with van der Waals surface area (Å²) < 4.78 is 13.3. The Morgan fingerprint density at radius 2 is 1.83 bits per heavy atom.